The summed E-state index contributed by atoms with van der Waals surface area (Å²) in [7, 11) is 0. The van der Waals surface area contributed by atoms with Gasteiger partial charge in [0.2, 0.25) is 0 Å². The van der Waals surface area contributed by atoms with Gasteiger partial charge in [0.15, 0.2) is 11.6 Å². The first kappa shape index (κ1) is 12.8. The lowest BCUT2D eigenvalue weighted by Gasteiger charge is -2.40. The Morgan fingerprint density at radius 2 is 2.06 bits per heavy atom. The summed E-state index contributed by atoms with van der Waals surface area (Å²) in [6, 6.07) is 1.56. The third kappa shape index (κ3) is 2.17. The molecule has 2 heterocycles. The Bertz CT molecular complexity index is 454. The highest BCUT2D eigenvalue weighted by atomic mass is 19.1. The van der Waals surface area contributed by atoms with Crippen LogP contribution in [0.25, 0.3) is 0 Å². The predicted octanol–water partition coefficient (Wildman–Crippen LogP) is 2.69. The summed E-state index contributed by atoms with van der Waals surface area (Å²) in [5, 5.41) is 8.93. The van der Waals surface area contributed by atoms with Crippen molar-refractivity contribution in [3.05, 3.63) is 23.6 Å². The van der Waals surface area contributed by atoms with Gasteiger partial charge in [-0.25, -0.2) is 14.2 Å². The first-order valence-corrected chi connectivity index (χ1v) is 6.18. The minimum Gasteiger partial charge on any atom is -0.478 e. The number of piperidine rings is 1. The lowest BCUT2D eigenvalue weighted by molar-refractivity contribution is 0.0691. The predicted molar refractivity (Wildman–Crippen MR) is 66.4 cm³/mol. The van der Waals surface area contributed by atoms with Gasteiger partial charge in [0, 0.05) is 18.3 Å². The fourth-order valence-electron chi connectivity index (χ4n) is 2.62. The molecule has 1 aromatic rings. The van der Waals surface area contributed by atoms with Gasteiger partial charge in [-0.3, -0.25) is 0 Å². The zero-order valence-electron chi connectivity index (χ0n) is 10.6. The van der Waals surface area contributed by atoms with Gasteiger partial charge in [-0.1, -0.05) is 0 Å². The minimum absolute atomic E-state index is 0.162. The third-order valence-electron chi connectivity index (χ3n) is 3.54. The van der Waals surface area contributed by atoms with E-state index in [1.165, 1.54) is 12.3 Å². The second-order valence-corrected chi connectivity index (χ2v) is 4.84. The highest BCUT2D eigenvalue weighted by Crippen LogP contribution is 2.30. The molecule has 0 spiro atoms. The van der Waals surface area contributed by atoms with E-state index in [4.69, 9.17) is 5.11 Å². The Labute approximate surface area is 105 Å². The normalized spacial score (nSPS) is 24.1. The minimum atomic E-state index is -1.26. The van der Waals surface area contributed by atoms with E-state index in [0.717, 1.165) is 19.3 Å². The van der Waals surface area contributed by atoms with Crippen molar-refractivity contribution >= 4 is 11.8 Å². The Morgan fingerprint density at radius 1 is 1.44 bits per heavy atom. The van der Waals surface area contributed by atoms with Gasteiger partial charge in [-0.05, 0) is 39.2 Å². The van der Waals surface area contributed by atoms with Gasteiger partial charge in [0.1, 0.15) is 5.56 Å². The molecule has 1 aliphatic heterocycles. The van der Waals surface area contributed by atoms with Crippen molar-refractivity contribution in [3.63, 3.8) is 0 Å². The molecule has 1 N–H and O–H groups in total. The third-order valence-corrected chi connectivity index (χ3v) is 3.54. The smallest absolute Gasteiger partial charge is 0.338 e. The Morgan fingerprint density at radius 3 is 2.61 bits per heavy atom. The molecule has 2 unspecified atom stereocenters. The first-order chi connectivity index (χ1) is 8.52. The maximum absolute atomic E-state index is 14.2. The maximum atomic E-state index is 14.2. The number of aromatic nitrogens is 1. The number of rotatable bonds is 2. The molecule has 2 atom stereocenters. The van der Waals surface area contributed by atoms with E-state index < -0.39 is 11.8 Å². The van der Waals surface area contributed by atoms with Gasteiger partial charge >= 0.3 is 5.97 Å². The van der Waals surface area contributed by atoms with Crippen molar-refractivity contribution in [1.29, 1.82) is 0 Å². The molecule has 18 heavy (non-hydrogen) atoms. The number of hydrogen-bond acceptors (Lipinski definition) is 3. The summed E-state index contributed by atoms with van der Waals surface area (Å²) in [5.74, 6) is -1.83. The number of carboxylic acid groups (broad SMARTS) is 1. The molecular formula is C13H17FN2O2. The second-order valence-electron chi connectivity index (χ2n) is 4.84. The van der Waals surface area contributed by atoms with E-state index in [9.17, 15) is 9.18 Å². The zero-order valence-corrected chi connectivity index (χ0v) is 10.6. The second kappa shape index (κ2) is 4.92. The van der Waals surface area contributed by atoms with E-state index in [1.807, 2.05) is 18.7 Å². The fourth-order valence-corrected chi connectivity index (χ4v) is 2.62. The summed E-state index contributed by atoms with van der Waals surface area (Å²) in [5.41, 5.74) is -0.315. The summed E-state index contributed by atoms with van der Waals surface area (Å²) in [4.78, 5) is 16.9. The molecular weight excluding hydrogens is 235 g/mol. The van der Waals surface area contributed by atoms with Crippen LogP contribution >= 0.6 is 0 Å². The number of carbonyl (C=O) groups is 1. The molecule has 0 bridgehead atoms. The van der Waals surface area contributed by atoms with Gasteiger partial charge in [-0.2, -0.15) is 0 Å². The first-order valence-electron chi connectivity index (χ1n) is 6.18. The Balaban J connectivity index is 2.43. The molecule has 4 nitrogen and oxygen atoms in total. The van der Waals surface area contributed by atoms with Crippen LogP contribution in [-0.2, 0) is 0 Å². The summed E-state index contributed by atoms with van der Waals surface area (Å²) in [6.07, 6.45) is 4.42. The number of pyridine rings is 1. The number of aromatic carboxylic acids is 1. The maximum Gasteiger partial charge on any atom is 0.338 e. The van der Waals surface area contributed by atoms with Crippen molar-refractivity contribution in [1.82, 2.24) is 4.98 Å². The quantitative estimate of drug-likeness (QED) is 0.879. The molecule has 5 heteroatoms. The van der Waals surface area contributed by atoms with Crippen LogP contribution < -0.4 is 4.90 Å². The molecule has 0 saturated carbocycles. The number of halogens is 1. The average molecular weight is 252 g/mol. The zero-order chi connectivity index (χ0) is 13.3. The van der Waals surface area contributed by atoms with Gasteiger partial charge in [-0.15, -0.1) is 0 Å². The summed E-state index contributed by atoms with van der Waals surface area (Å²) in [6.45, 7) is 4.04. The average Bonchev–Trinajstić information content (AvgIpc) is 2.30. The Hall–Kier alpha value is -1.65. The molecule has 0 radical (unpaired) electrons. The van der Waals surface area contributed by atoms with Crippen molar-refractivity contribution in [2.75, 3.05) is 4.90 Å². The van der Waals surface area contributed by atoms with Gasteiger partial charge in [0.05, 0.1) is 0 Å². The standard InChI is InChI=1S/C13H17FN2O2/c1-8-4-3-5-9(2)16(8)12-11(14)10(13(17)18)6-7-15-12/h6-9H,3-5H2,1-2H3,(H,17,18). The van der Waals surface area contributed by atoms with E-state index in [2.05, 4.69) is 4.98 Å². The van der Waals surface area contributed by atoms with Crippen molar-refractivity contribution in [2.24, 2.45) is 0 Å². The monoisotopic (exact) mass is 252 g/mol. The fraction of sp³-hybridized carbons (Fsp3) is 0.538. The van der Waals surface area contributed by atoms with Crippen molar-refractivity contribution < 1.29 is 14.3 Å². The lowest BCUT2D eigenvalue weighted by Crippen LogP contribution is -2.45. The molecule has 2 rings (SSSR count). The molecule has 98 valence electrons. The van der Waals surface area contributed by atoms with E-state index in [0.29, 0.717) is 0 Å². The largest absolute Gasteiger partial charge is 0.478 e. The van der Waals surface area contributed by atoms with Gasteiger partial charge in [0.25, 0.3) is 0 Å². The van der Waals surface area contributed by atoms with Crippen molar-refractivity contribution in [3.8, 4) is 0 Å². The van der Waals surface area contributed by atoms with Crippen molar-refractivity contribution in [2.45, 2.75) is 45.2 Å². The summed E-state index contributed by atoms with van der Waals surface area (Å²) < 4.78 is 14.2. The number of carboxylic acids is 1. The van der Waals surface area contributed by atoms with Crippen LogP contribution in [-0.4, -0.2) is 28.1 Å². The van der Waals surface area contributed by atoms with E-state index in [-0.39, 0.29) is 23.5 Å². The van der Waals surface area contributed by atoms with E-state index in [1.54, 1.807) is 0 Å². The highest BCUT2D eigenvalue weighted by molar-refractivity contribution is 5.88. The van der Waals surface area contributed by atoms with Crippen LogP contribution in [0.2, 0.25) is 0 Å². The number of nitrogens with zero attached hydrogens (tertiary/aromatic N) is 2. The van der Waals surface area contributed by atoms with Crippen LogP contribution in [0.15, 0.2) is 12.3 Å². The van der Waals surface area contributed by atoms with Gasteiger partial charge < -0.3 is 10.0 Å². The molecule has 1 fully saturated rings. The molecule has 1 aromatic heterocycles. The molecule has 0 amide bonds. The van der Waals surface area contributed by atoms with Crippen LogP contribution in [0.5, 0.6) is 0 Å². The SMILES string of the molecule is CC1CCCC(C)N1c1nccc(C(=O)O)c1F. The molecule has 0 aromatic carbocycles. The topological polar surface area (TPSA) is 53.4 Å². The van der Waals surface area contributed by atoms with Crippen LogP contribution in [0, 0.1) is 5.82 Å². The number of anilines is 1. The lowest BCUT2D eigenvalue weighted by atomic mass is 9.97. The number of hydrogen-bond donors (Lipinski definition) is 1. The van der Waals surface area contributed by atoms with E-state index >= 15 is 0 Å². The highest BCUT2D eigenvalue weighted by Gasteiger charge is 2.29. The Kier molecular flexibility index (Phi) is 3.50. The molecule has 0 aliphatic carbocycles. The molecule has 1 aliphatic rings. The molecule has 1 saturated heterocycles. The van der Waals surface area contributed by atoms with Crippen LogP contribution in [0.4, 0.5) is 10.2 Å². The summed E-state index contributed by atoms with van der Waals surface area (Å²) >= 11 is 0. The van der Waals surface area contributed by atoms with Crippen LogP contribution in [0.3, 0.4) is 0 Å². The van der Waals surface area contributed by atoms with Crippen LogP contribution in [0.1, 0.15) is 43.5 Å².